The van der Waals surface area contributed by atoms with E-state index in [0.29, 0.717) is 32.0 Å². The normalized spacial score (nSPS) is 21.6. The predicted molar refractivity (Wildman–Crippen MR) is 84.4 cm³/mol. The van der Waals surface area contributed by atoms with Crippen molar-refractivity contribution < 1.29 is 22.7 Å². The van der Waals surface area contributed by atoms with Crippen molar-refractivity contribution in [3.05, 3.63) is 29.8 Å². The Hall–Kier alpha value is -1.76. The largest absolute Gasteiger partial charge is 0.573 e. The summed E-state index contributed by atoms with van der Waals surface area (Å²) in [7, 11) is 0. The predicted octanol–water partition coefficient (Wildman–Crippen LogP) is 3.32. The second kappa shape index (κ2) is 7.88. The smallest absolute Gasteiger partial charge is 0.406 e. The van der Waals surface area contributed by atoms with E-state index in [1.165, 1.54) is 12.1 Å². The van der Waals surface area contributed by atoms with Crippen molar-refractivity contribution >= 4 is 5.91 Å². The van der Waals surface area contributed by atoms with Gasteiger partial charge in [-0.3, -0.25) is 4.79 Å². The fourth-order valence-corrected chi connectivity index (χ4v) is 3.00. The number of carbonyl (C=O) groups is 1. The maximum atomic E-state index is 12.3. The van der Waals surface area contributed by atoms with Crippen LogP contribution in [0.15, 0.2) is 24.3 Å². The minimum absolute atomic E-state index is 0.164. The van der Waals surface area contributed by atoms with Gasteiger partial charge in [0.2, 0.25) is 5.91 Å². The third-order valence-electron chi connectivity index (χ3n) is 4.26. The van der Waals surface area contributed by atoms with Gasteiger partial charge in [0.1, 0.15) is 5.75 Å². The first-order chi connectivity index (χ1) is 11.3. The summed E-state index contributed by atoms with van der Waals surface area (Å²) >= 11 is 0. The molecule has 1 aliphatic heterocycles. The van der Waals surface area contributed by atoms with Crippen LogP contribution < -0.4 is 10.1 Å². The van der Waals surface area contributed by atoms with Crippen LogP contribution in [-0.4, -0.2) is 36.3 Å². The molecule has 1 aliphatic rings. The fourth-order valence-electron chi connectivity index (χ4n) is 3.00. The zero-order chi connectivity index (χ0) is 17.7. The highest BCUT2D eigenvalue weighted by molar-refractivity contribution is 5.75. The number of hydrogen-bond acceptors (Lipinski definition) is 3. The van der Waals surface area contributed by atoms with Gasteiger partial charge in [0, 0.05) is 32.1 Å². The Balaban J connectivity index is 1.88. The molecule has 1 aromatic carbocycles. The molecule has 134 valence electrons. The maximum absolute atomic E-state index is 12.3. The Labute approximate surface area is 140 Å². The Morgan fingerprint density at radius 2 is 2.17 bits per heavy atom. The zero-order valence-corrected chi connectivity index (χ0v) is 13.9. The molecule has 2 atom stereocenters. The van der Waals surface area contributed by atoms with Crippen LogP contribution >= 0.6 is 0 Å². The van der Waals surface area contributed by atoms with Crippen LogP contribution in [0.2, 0.25) is 0 Å². The van der Waals surface area contributed by atoms with Crippen LogP contribution in [-0.2, 0) is 11.3 Å². The van der Waals surface area contributed by atoms with E-state index in [2.05, 4.69) is 17.0 Å². The maximum Gasteiger partial charge on any atom is 0.573 e. The van der Waals surface area contributed by atoms with Crippen molar-refractivity contribution in [3.63, 3.8) is 0 Å². The van der Waals surface area contributed by atoms with Crippen molar-refractivity contribution in [3.8, 4) is 5.75 Å². The number of ether oxygens (including phenoxy) is 1. The monoisotopic (exact) mass is 344 g/mol. The zero-order valence-electron chi connectivity index (χ0n) is 13.9. The van der Waals surface area contributed by atoms with Gasteiger partial charge in [-0.1, -0.05) is 26.0 Å². The van der Waals surface area contributed by atoms with Gasteiger partial charge in [-0.2, -0.15) is 0 Å². The topological polar surface area (TPSA) is 41.6 Å². The molecule has 1 fully saturated rings. The van der Waals surface area contributed by atoms with Crippen molar-refractivity contribution in [1.29, 1.82) is 0 Å². The van der Waals surface area contributed by atoms with Crippen molar-refractivity contribution in [2.75, 3.05) is 13.1 Å². The lowest BCUT2D eigenvalue weighted by Crippen LogP contribution is -2.49. The van der Waals surface area contributed by atoms with Gasteiger partial charge in [-0.15, -0.1) is 13.2 Å². The molecule has 0 bridgehead atoms. The van der Waals surface area contributed by atoms with Gasteiger partial charge in [0.15, 0.2) is 0 Å². The minimum Gasteiger partial charge on any atom is -0.406 e. The number of carbonyl (C=O) groups excluding carboxylic acids is 1. The van der Waals surface area contributed by atoms with Crippen LogP contribution in [0.3, 0.4) is 0 Å². The number of piperidine rings is 1. The van der Waals surface area contributed by atoms with Crippen molar-refractivity contribution in [2.45, 2.75) is 45.6 Å². The number of alkyl halides is 3. The Morgan fingerprint density at radius 1 is 1.42 bits per heavy atom. The number of nitrogens with zero attached hydrogens (tertiary/aromatic N) is 1. The lowest BCUT2D eigenvalue weighted by atomic mass is 9.93. The molecule has 2 rings (SSSR count). The molecule has 0 radical (unpaired) electrons. The highest BCUT2D eigenvalue weighted by Crippen LogP contribution is 2.24. The summed E-state index contributed by atoms with van der Waals surface area (Å²) in [6.45, 7) is 5.82. The second-order valence-electron chi connectivity index (χ2n) is 6.14. The van der Waals surface area contributed by atoms with E-state index in [1.54, 1.807) is 12.1 Å². The lowest BCUT2D eigenvalue weighted by molar-refractivity contribution is -0.274. The molecule has 0 unspecified atom stereocenters. The van der Waals surface area contributed by atoms with Crippen molar-refractivity contribution in [2.24, 2.45) is 5.92 Å². The molecule has 0 spiro atoms. The number of hydrogen-bond donors (Lipinski definition) is 1. The molecule has 7 heteroatoms. The first-order valence-corrected chi connectivity index (χ1v) is 8.14. The standard InChI is InChI=1S/C17H23F3N2O2/c1-3-16(23)22-8-7-15(12(2)11-22)21-10-13-5-4-6-14(9-13)24-17(18,19)20/h4-6,9,12,15,21H,3,7-8,10-11H2,1-2H3/t12-,15-/m1/s1. The third-order valence-corrected chi connectivity index (χ3v) is 4.26. The summed E-state index contributed by atoms with van der Waals surface area (Å²) in [6, 6.07) is 6.22. The number of amides is 1. The molecule has 1 amide bonds. The number of benzene rings is 1. The molecule has 24 heavy (non-hydrogen) atoms. The quantitative estimate of drug-likeness (QED) is 0.891. The van der Waals surface area contributed by atoms with E-state index in [1.807, 2.05) is 11.8 Å². The average molecular weight is 344 g/mol. The summed E-state index contributed by atoms with van der Waals surface area (Å²) < 4.78 is 40.7. The van der Waals surface area contributed by atoms with E-state index in [9.17, 15) is 18.0 Å². The molecule has 1 aromatic rings. The van der Waals surface area contributed by atoms with Gasteiger partial charge in [-0.25, -0.2) is 0 Å². The Morgan fingerprint density at radius 3 is 2.79 bits per heavy atom. The van der Waals surface area contributed by atoms with Crippen molar-refractivity contribution in [1.82, 2.24) is 10.2 Å². The molecule has 4 nitrogen and oxygen atoms in total. The number of likely N-dealkylation sites (tertiary alicyclic amines) is 1. The molecule has 1 N–H and O–H groups in total. The van der Waals surface area contributed by atoms with E-state index >= 15 is 0 Å². The first kappa shape index (κ1) is 18.6. The van der Waals surface area contributed by atoms with Gasteiger partial charge < -0.3 is 15.0 Å². The van der Waals surface area contributed by atoms with Crippen LogP contribution in [0.5, 0.6) is 5.75 Å². The molecule has 0 aliphatic carbocycles. The van der Waals surface area contributed by atoms with Gasteiger partial charge in [0.25, 0.3) is 0 Å². The molecule has 1 heterocycles. The van der Waals surface area contributed by atoms with E-state index in [4.69, 9.17) is 0 Å². The highest BCUT2D eigenvalue weighted by atomic mass is 19.4. The summed E-state index contributed by atoms with van der Waals surface area (Å²) in [4.78, 5) is 13.6. The highest BCUT2D eigenvalue weighted by Gasteiger charge is 2.31. The molecule has 0 saturated carbocycles. The SMILES string of the molecule is CCC(=O)N1CC[C@@H](NCc2cccc(OC(F)(F)F)c2)[C@H](C)C1. The Kier molecular flexibility index (Phi) is 6.10. The molecule has 0 aromatic heterocycles. The molecular formula is C17H23F3N2O2. The number of halogens is 3. The Bertz CT molecular complexity index is 563. The number of nitrogens with one attached hydrogen (secondary N) is 1. The minimum atomic E-state index is -4.68. The fraction of sp³-hybridized carbons (Fsp3) is 0.588. The van der Waals surface area contributed by atoms with Crippen LogP contribution in [0.4, 0.5) is 13.2 Å². The lowest BCUT2D eigenvalue weighted by Gasteiger charge is -2.37. The average Bonchev–Trinajstić information content (AvgIpc) is 2.51. The van der Waals surface area contributed by atoms with Gasteiger partial charge in [-0.05, 0) is 30.0 Å². The summed E-state index contributed by atoms with van der Waals surface area (Å²) in [6.07, 6.45) is -3.33. The molecular weight excluding hydrogens is 321 g/mol. The van der Waals surface area contributed by atoms with E-state index in [-0.39, 0.29) is 17.7 Å². The number of rotatable bonds is 5. The third kappa shape index (κ3) is 5.40. The first-order valence-electron chi connectivity index (χ1n) is 8.14. The second-order valence-corrected chi connectivity index (χ2v) is 6.14. The van der Waals surface area contributed by atoms with Crippen LogP contribution in [0.1, 0.15) is 32.3 Å². The van der Waals surface area contributed by atoms with Gasteiger partial charge in [0.05, 0.1) is 0 Å². The van der Waals surface area contributed by atoms with Crippen LogP contribution in [0, 0.1) is 5.92 Å². The van der Waals surface area contributed by atoms with E-state index < -0.39 is 6.36 Å². The summed E-state index contributed by atoms with van der Waals surface area (Å²) in [5, 5.41) is 3.38. The molecule has 1 saturated heterocycles. The van der Waals surface area contributed by atoms with Crippen LogP contribution in [0.25, 0.3) is 0 Å². The summed E-state index contributed by atoms with van der Waals surface area (Å²) in [5.74, 6) is 0.249. The summed E-state index contributed by atoms with van der Waals surface area (Å²) in [5.41, 5.74) is 0.732. The van der Waals surface area contributed by atoms with E-state index in [0.717, 1.165) is 12.0 Å². The van der Waals surface area contributed by atoms with Gasteiger partial charge >= 0.3 is 6.36 Å².